The molecule has 0 aliphatic rings. The Labute approximate surface area is 60.0 Å². The van der Waals surface area contributed by atoms with E-state index in [-0.39, 0.29) is 18.8 Å². The molecule has 0 bridgehead atoms. The van der Waals surface area contributed by atoms with Crippen LogP contribution in [0.4, 0.5) is 0 Å². The van der Waals surface area contributed by atoms with Crippen LogP contribution in [0.1, 0.15) is 6.42 Å². The molecule has 5 heteroatoms. The number of aliphatic hydroxyl groups is 1. The van der Waals surface area contributed by atoms with Crippen molar-refractivity contribution in [1.29, 1.82) is 5.26 Å². The van der Waals surface area contributed by atoms with Crippen LogP contribution in [0, 0.1) is 11.3 Å². The zero-order valence-corrected chi connectivity index (χ0v) is 6.26. The van der Waals surface area contributed by atoms with Gasteiger partial charge < -0.3 is 5.11 Å². The molecule has 10 heavy (non-hydrogen) atoms. The zero-order chi connectivity index (χ0) is 8.04. The van der Waals surface area contributed by atoms with E-state index in [1.807, 2.05) is 0 Å². The van der Waals surface area contributed by atoms with Crippen LogP contribution in [0.2, 0.25) is 0 Å². The second-order valence-corrected chi connectivity index (χ2v) is 4.01. The molecular weight excluding hydrogens is 154 g/mol. The Kier molecular flexibility index (Phi) is 4.00. The van der Waals surface area contributed by atoms with Gasteiger partial charge in [0.15, 0.2) is 9.84 Å². The summed E-state index contributed by atoms with van der Waals surface area (Å²) in [6, 6.07) is 1.55. The van der Waals surface area contributed by atoms with Crippen molar-refractivity contribution in [2.45, 2.75) is 6.42 Å². The number of rotatable bonds is 4. The van der Waals surface area contributed by atoms with E-state index in [9.17, 15) is 8.42 Å². The third-order valence-electron chi connectivity index (χ3n) is 0.898. The van der Waals surface area contributed by atoms with Crippen molar-refractivity contribution in [1.82, 2.24) is 0 Å². The molecule has 0 aliphatic heterocycles. The highest BCUT2D eigenvalue weighted by molar-refractivity contribution is 7.91. The molecule has 0 aromatic carbocycles. The maximum atomic E-state index is 10.7. The molecular formula is C5H9NO3S. The summed E-state index contributed by atoms with van der Waals surface area (Å²) < 4.78 is 21.3. The lowest BCUT2D eigenvalue weighted by Gasteiger charge is -1.94. The topological polar surface area (TPSA) is 78.2 Å². The van der Waals surface area contributed by atoms with Crippen LogP contribution in [-0.4, -0.2) is 31.6 Å². The summed E-state index contributed by atoms with van der Waals surface area (Å²) in [5, 5.41) is 16.3. The van der Waals surface area contributed by atoms with Crippen LogP contribution in [-0.2, 0) is 9.84 Å². The Morgan fingerprint density at radius 2 is 2.10 bits per heavy atom. The van der Waals surface area contributed by atoms with Gasteiger partial charge in [-0.1, -0.05) is 0 Å². The highest BCUT2D eigenvalue weighted by Gasteiger charge is 2.07. The standard InChI is InChI=1S/C5H9NO3S/c6-2-5-10(8,9)4-1-3-7/h7H,1,3-5H2. The molecule has 0 aliphatic carbocycles. The highest BCUT2D eigenvalue weighted by Crippen LogP contribution is 1.91. The molecule has 0 atom stereocenters. The van der Waals surface area contributed by atoms with Gasteiger partial charge in [-0.15, -0.1) is 0 Å². The molecule has 0 saturated carbocycles. The smallest absolute Gasteiger partial charge is 0.163 e. The zero-order valence-electron chi connectivity index (χ0n) is 5.45. The molecule has 1 N–H and O–H groups in total. The van der Waals surface area contributed by atoms with Gasteiger partial charge in [0.25, 0.3) is 0 Å². The van der Waals surface area contributed by atoms with Crippen molar-refractivity contribution in [3.05, 3.63) is 0 Å². The van der Waals surface area contributed by atoms with Crippen molar-refractivity contribution in [2.24, 2.45) is 0 Å². The number of hydrogen-bond donors (Lipinski definition) is 1. The van der Waals surface area contributed by atoms with Crippen LogP contribution in [0.3, 0.4) is 0 Å². The van der Waals surface area contributed by atoms with Gasteiger partial charge in [0.2, 0.25) is 0 Å². The first-order valence-electron chi connectivity index (χ1n) is 2.80. The largest absolute Gasteiger partial charge is 0.396 e. The maximum Gasteiger partial charge on any atom is 0.163 e. The van der Waals surface area contributed by atoms with Crippen molar-refractivity contribution in [3.63, 3.8) is 0 Å². The Balaban J connectivity index is 3.80. The Morgan fingerprint density at radius 1 is 1.50 bits per heavy atom. The minimum Gasteiger partial charge on any atom is -0.396 e. The number of sulfone groups is 1. The van der Waals surface area contributed by atoms with Gasteiger partial charge in [-0.25, -0.2) is 8.42 Å². The van der Waals surface area contributed by atoms with E-state index in [4.69, 9.17) is 10.4 Å². The fourth-order valence-electron chi connectivity index (χ4n) is 0.455. The minimum atomic E-state index is -3.21. The number of nitrogens with zero attached hydrogens (tertiary/aromatic N) is 1. The second kappa shape index (κ2) is 4.25. The fourth-order valence-corrected chi connectivity index (χ4v) is 1.36. The Bertz CT molecular complexity index is 214. The van der Waals surface area contributed by atoms with Crippen molar-refractivity contribution in [3.8, 4) is 6.07 Å². The molecule has 0 aromatic rings. The molecule has 0 saturated heterocycles. The summed E-state index contributed by atoms with van der Waals surface area (Å²) >= 11 is 0. The summed E-state index contributed by atoms with van der Waals surface area (Å²) in [6.07, 6.45) is 0.212. The maximum absolute atomic E-state index is 10.7. The molecule has 0 radical (unpaired) electrons. The molecule has 0 rings (SSSR count). The third kappa shape index (κ3) is 4.30. The second-order valence-electron chi connectivity index (χ2n) is 1.83. The van der Waals surface area contributed by atoms with Crippen LogP contribution in [0.25, 0.3) is 0 Å². The van der Waals surface area contributed by atoms with Crippen molar-refractivity contribution >= 4 is 9.84 Å². The van der Waals surface area contributed by atoms with E-state index >= 15 is 0 Å². The molecule has 0 aromatic heterocycles. The van der Waals surface area contributed by atoms with Gasteiger partial charge in [0.1, 0.15) is 5.75 Å². The lowest BCUT2D eigenvalue weighted by molar-refractivity contribution is 0.295. The number of hydrogen-bond acceptors (Lipinski definition) is 4. The van der Waals surface area contributed by atoms with E-state index in [0.29, 0.717) is 0 Å². The third-order valence-corrected chi connectivity index (χ3v) is 2.38. The van der Waals surface area contributed by atoms with Crippen LogP contribution >= 0.6 is 0 Å². The first kappa shape index (κ1) is 9.40. The fraction of sp³-hybridized carbons (Fsp3) is 0.800. The van der Waals surface area contributed by atoms with Gasteiger partial charge in [0.05, 0.1) is 11.8 Å². The minimum absolute atomic E-state index is 0.100. The summed E-state index contributed by atoms with van der Waals surface area (Å²) in [5.74, 6) is -0.552. The Hall–Kier alpha value is -0.600. The normalized spacial score (nSPS) is 10.8. The van der Waals surface area contributed by atoms with E-state index < -0.39 is 15.6 Å². The van der Waals surface area contributed by atoms with Crippen molar-refractivity contribution < 1.29 is 13.5 Å². The van der Waals surface area contributed by atoms with E-state index in [1.54, 1.807) is 6.07 Å². The van der Waals surface area contributed by atoms with Crippen molar-refractivity contribution in [2.75, 3.05) is 18.1 Å². The van der Waals surface area contributed by atoms with Crippen LogP contribution < -0.4 is 0 Å². The SMILES string of the molecule is N#CCS(=O)(=O)CCCO. The average molecular weight is 163 g/mol. The number of nitriles is 1. The molecule has 4 nitrogen and oxygen atoms in total. The molecule has 58 valence electrons. The van der Waals surface area contributed by atoms with E-state index in [0.717, 1.165) is 0 Å². The van der Waals surface area contributed by atoms with E-state index in [2.05, 4.69) is 0 Å². The first-order valence-corrected chi connectivity index (χ1v) is 4.63. The van der Waals surface area contributed by atoms with Crippen LogP contribution in [0.15, 0.2) is 0 Å². The Morgan fingerprint density at radius 3 is 2.50 bits per heavy atom. The lowest BCUT2D eigenvalue weighted by Crippen LogP contribution is -2.10. The molecule has 0 amide bonds. The van der Waals surface area contributed by atoms with Crippen LogP contribution in [0.5, 0.6) is 0 Å². The molecule has 0 fully saturated rings. The predicted molar refractivity (Wildman–Crippen MR) is 36.0 cm³/mol. The predicted octanol–water partition coefficient (Wildman–Crippen LogP) is -0.693. The van der Waals surface area contributed by atoms with Gasteiger partial charge >= 0.3 is 0 Å². The summed E-state index contributed by atoms with van der Waals surface area (Å²) in [7, 11) is -3.21. The molecule has 0 unspecified atom stereocenters. The van der Waals surface area contributed by atoms with E-state index in [1.165, 1.54) is 0 Å². The monoisotopic (exact) mass is 163 g/mol. The van der Waals surface area contributed by atoms with Gasteiger partial charge in [-0.2, -0.15) is 5.26 Å². The summed E-state index contributed by atoms with van der Waals surface area (Å²) in [6.45, 7) is -0.148. The lowest BCUT2D eigenvalue weighted by atomic mass is 10.5. The van der Waals surface area contributed by atoms with Gasteiger partial charge in [-0.3, -0.25) is 0 Å². The van der Waals surface area contributed by atoms with Gasteiger partial charge in [-0.05, 0) is 6.42 Å². The number of aliphatic hydroxyl groups excluding tert-OH is 1. The first-order chi connectivity index (χ1) is 4.62. The molecule has 0 heterocycles. The average Bonchev–Trinajstić information content (AvgIpc) is 1.84. The van der Waals surface area contributed by atoms with Gasteiger partial charge in [0, 0.05) is 6.61 Å². The molecule has 0 spiro atoms. The summed E-state index contributed by atoms with van der Waals surface area (Å²) in [5.41, 5.74) is 0. The quantitative estimate of drug-likeness (QED) is 0.594. The highest BCUT2D eigenvalue weighted by atomic mass is 32.2. The summed E-state index contributed by atoms with van der Waals surface area (Å²) in [4.78, 5) is 0.